The van der Waals surface area contributed by atoms with Gasteiger partial charge in [-0.15, -0.1) is 0 Å². The van der Waals surface area contributed by atoms with E-state index in [1.807, 2.05) is 18.2 Å². The summed E-state index contributed by atoms with van der Waals surface area (Å²) in [5.41, 5.74) is 7.55. The van der Waals surface area contributed by atoms with Crippen molar-refractivity contribution in [1.82, 2.24) is 0 Å². The lowest BCUT2D eigenvalue weighted by Crippen LogP contribution is -2.55. The largest absolute Gasteiger partial charge is 0.508 e. The quantitative estimate of drug-likeness (QED) is 0.123. The smallest absolute Gasteiger partial charge is 0.139 e. The van der Waals surface area contributed by atoms with Gasteiger partial charge in [-0.2, -0.15) is 0 Å². The highest BCUT2D eigenvalue weighted by atomic mass is 16.3. The molecule has 0 spiro atoms. The minimum Gasteiger partial charge on any atom is -0.508 e. The van der Waals surface area contributed by atoms with Gasteiger partial charge in [0.05, 0.1) is 54.9 Å². The first-order valence-electron chi connectivity index (χ1n) is 45.7. The summed E-state index contributed by atoms with van der Waals surface area (Å²) in [6.07, 6.45) is 35.8. The average Bonchev–Trinajstić information content (AvgIpc) is 1.70. The van der Waals surface area contributed by atoms with E-state index in [-0.39, 0.29) is 126 Å². The maximum Gasteiger partial charge on any atom is 0.139 e. The molecule has 10 N–H and O–H groups in total. The van der Waals surface area contributed by atoms with E-state index in [4.69, 9.17) is 0 Å². The Morgan fingerprint density at radius 2 is 0.619 bits per heavy atom. The fourth-order valence-electron chi connectivity index (χ4n) is 32.8. The lowest BCUT2D eigenvalue weighted by molar-refractivity contribution is -0.136. The molecule has 1 aromatic rings. The zero-order valence-electron chi connectivity index (χ0n) is 70.4. The average molecular weight is 1560 g/mol. The number of aromatic hydroxyl groups is 1. The molecule has 14 saturated carbocycles. The summed E-state index contributed by atoms with van der Waals surface area (Å²) in [5.74, 6) is 8.01. The summed E-state index contributed by atoms with van der Waals surface area (Å²) in [7, 11) is 0. The maximum atomic E-state index is 12.4. The van der Waals surface area contributed by atoms with Crippen molar-refractivity contribution < 1.29 is 75.0 Å². The second-order valence-corrected chi connectivity index (χ2v) is 43.9. The molecule has 0 heterocycles. The molecule has 1 aromatic carbocycles. The van der Waals surface area contributed by atoms with E-state index in [2.05, 4.69) is 74.5 Å². The van der Waals surface area contributed by atoms with Crippen LogP contribution in [0.4, 0.5) is 0 Å². The van der Waals surface area contributed by atoms with Crippen molar-refractivity contribution in [1.29, 1.82) is 0 Å². The Balaban J connectivity index is 0.000000107. The molecule has 0 radical (unpaired) electrons. The van der Waals surface area contributed by atoms with Gasteiger partial charge in [0.2, 0.25) is 0 Å². The third-order valence-corrected chi connectivity index (χ3v) is 39.3. The van der Waals surface area contributed by atoms with Crippen molar-refractivity contribution in [2.75, 3.05) is 0 Å². The van der Waals surface area contributed by atoms with Gasteiger partial charge < -0.3 is 51.1 Å². The molecule has 19 aliphatic carbocycles. The van der Waals surface area contributed by atoms with Crippen LogP contribution in [0, 0.1) is 143 Å². The van der Waals surface area contributed by atoms with Crippen LogP contribution in [-0.4, -0.2) is 135 Å². The molecule has 0 saturated heterocycles. The minimum absolute atomic E-state index is 0.0733. The summed E-state index contributed by atoms with van der Waals surface area (Å²) in [4.78, 5) is 61.4. The Labute approximate surface area is 674 Å². The molecule has 624 valence electrons. The van der Waals surface area contributed by atoms with Gasteiger partial charge in [-0.25, -0.2) is 0 Å². The SMILES string of the molecule is CC(=O)C1CCC2C3C(CCC12C)C1(C)CC[C@H](O)CC1=C[C@@H]3O.CC(=O)C1CCC2C3C(CCC12C)C1(C)CC[C@H](O)CC1=C[C@H]3O.CC12CCC3C(C1CCC2=O)[C@@H](O)C=C1C[C@@H](O)CCC13C.CC12CCC3C(C1CCC2=O)[C@H](O)C=C1C[C@@H](O)CCC13C.CC12CCC3c4ccc(O)cc4C[C@@H](O)C3C1CCC2=O. The first kappa shape index (κ1) is 82.7. The van der Waals surface area contributed by atoms with Gasteiger partial charge in [-0.05, 0) is 351 Å². The van der Waals surface area contributed by atoms with Crippen molar-refractivity contribution in [3.8, 4) is 5.75 Å². The Morgan fingerprint density at radius 3 is 0.956 bits per heavy atom. The number of carbonyl (C=O) groups excluding carboxylic acids is 5. The number of ketones is 5. The van der Waals surface area contributed by atoms with Crippen LogP contribution in [0.25, 0.3) is 0 Å². The van der Waals surface area contributed by atoms with Crippen LogP contribution in [0.3, 0.4) is 0 Å². The molecule has 14 fully saturated rings. The van der Waals surface area contributed by atoms with E-state index < -0.39 is 24.4 Å². The zero-order chi connectivity index (χ0) is 80.7. The number of phenolic OH excluding ortho intramolecular Hbond substituents is 1. The molecule has 0 bridgehead atoms. The van der Waals surface area contributed by atoms with E-state index in [9.17, 15) is 75.0 Å². The molecule has 0 amide bonds. The molecule has 19 aliphatic rings. The van der Waals surface area contributed by atoms with Crippen LogP contribution >= 0.6 is 0 Å². The third kappa shape index (κ3) is 13.1. The minimum atomic E-state index is -0.436. The van der Waals surface area contributed by atoms with E-state index in [0.29, 0.717) is 114 Å². The fraction of sp³-hybridized carbons (Fsp3) is 0.806. The van der Waals surface area contributed by atoms with Crippen molar-refractivity contribution >= 4 is 28.9 Å². The van der Waals surface area contributed by atoms with E-state index in [1.165, 1.54) is 27.9 Å². The number of Topliss-reactive ketones (excluding diaryl/α,β-unsaturated/α-hetero) is 5. The Bertz CT molecular complexity index is 3820. The summed E-state index contributed by atoms with van der Waals surface area (Å²) < 4.78 is 0. The molecule has 0 aromatic heterocycles. The summed E-state index contributed by atoms with van der Waals surface area (Å²) >= 11 is 0. The highest BCUT2D eigenvalue weighted by Crippen LogP contribution is 2.71. The van der Waals surface area contributed by atoms with Gasteiger partial charge in [0.25, 0.3) is 0 Å². The molecular weight excluding hydrogens is 1420 g/mol. The first-order chi connectivity index (χ1) is 53.3. The van der Waals surface area contributed by atoms with Gasteiger partial charge in [-0.1, -0.05) is 115 Å². The van der Waals surface area contributed by atoms with Gasteiger partial charge in [0.15, 0.2) is 0 Å². The van der Waals surface area contributed by atoms with Crippen molar-refractivity contribution in [2.45, 2.75) is 349 Å². The maximum absolute atomic E-state index is 12.4. The topological polar surface area (TPSA) is 288 Å². The van der Waals surface area contributed by atoms with Crippen LogP contribution in [0.5, 0.6) is 5.75 Å². The van der Waals surface area contributed by atoms with Gasteiger partial charge in [0, 0.05) is 47.3 Å². The van der Waals surface area contributed by atoms with Crippen molar-refractivity contribution in [2.24, 2.45) is 143 Å². The predicted octanol–water partition coefficient (Wildman–Crippen LogP) is 15.5. The van der Waals surface area contributed by atoms with Crippen LogP contribution in [0.2, 0.25) is 0 Å². The number of carbonyl (C=O) groups is 5. The number of aliphatic hydroxyl groups excluding tert-OH is 9. The summed E-state index contributed by atoms with van der Waals surface area (Å²) in [6.45, 7) is 23.9. The Kier molecular flexibility index (Phi) is 21.7. The van der Waals surface area contributed by atoms with Gasteiger partial charge in [-0.3, -0.25) is 24.0 Å². The number of phenols is 1. The van der Waals surface area contributed by atoms with E-state index in [0.717, 1.165) is 192 Å². The molecule has 26 unspecified atom stereocenters. The lowest BCUT2D eigenvalue weighted by atomic mass is 9.46. The molecular formula is C98H142O15. The predicted molar refractivity (Wildman–Crippen MR) is 434 cm³/mol. The number of hydrogen-bond acceptors (Lipinski definition) is 15. The van der Waals surface area contributed by atoms with Crippen LogP contribution < -0.4 is 0 Å². The molecule has 113 heavy (non-hydrogen) atoms. The third-order valence-electron chi connectivity index (χ3n) is 39.3. The van der Waals surface area contributed by atoms with E-state index >= 15 is 0 Å². The summed E-state index contributed by atoms with van der Waals surface area (Å²) in [5, 5.41) is 104. The number of aliphatic hydroxyl groups is 9. The monoisotopic (exact) mass is 1560 g/mol. The molecule has 0 aliphatic heterocycles. The molecule has 35 atom stereocenters. The normalized spacial score (nSPS) is 51.6. The van der Waals surface area contributed by atoms with Crippen LogP contribution in [0.15, 0.2) is 64.8 Å². The lowest BCUT2D eigenvalue weighted by Gasteiger charge is -2.59. The fourth-order valence-corrected chi connectivity index (χ4v) is 32.8. The van der Waals surface area contributed by atoms with Crippen LogP contribution in [0.1, 0.15) is 299 Å². The van der Waals surface area contributed by atoms with Gasteiger partial charge in [0.1, 0.15) is 34.7 Å². The first-order valence-corrected chi connectivity index (χ1v) is 45.7. The van der Waals surface area contributed by atoms with Crippen LogP contribution in [-0.2, 0) is 30.4 Å². The van der Waals surface area contributed by atoms with Crippen molar-refractivity contribution in [3.05, 3.63) is 75.9 Å². The highest BCUT2D eigenvalue weighted by molar-refractivity contribution is 5.88. The highest BCUT2D eigenvalue weighted by Gasteiger charge is 2.67. The molecule has 20 rings (SSSR count). The molecule has 15 nitrogen and oxygen atoms in total. The second kappa shape index (κ2) is 29.7. The summed E-state index contributed by atoms with van der Waals surface area (Å²) in [6, 6.07) is 5.57. The number of rotatable bonds is 2. The van der Waals surface area contributed by atoms with E-state index in [1.54, 1.807) is 26.0 Å². The number of benzene rings is 1. The Morgan fingerprint density at radius 1 is 0.327 bits per heavy atom. The zero-order valence-corrected chi connectivity index (χ0v) is 70.4. The van der Waals surface area contributed by atoms with Crippen molar-refractivity contribution in [3.63, 3.8) is 0 Å². The standard InChI is InChI=1S/2C21H32O3.2C19H28O3.C18H22O3/c2*1-12(22)15-4-5-16-19-17(7-9-21(15,16)3)20(2)8-6-14(23)10-13(20)11-18(19)24;2*1-18-7-5-12(20)9-11(18)10-15(21)17-13-3-4-16(22)19(13,2)8-6-14(17)18;1-18-7-6-13-12-3-2-11(19)8-10(12)9-15(20)17(13)14(18)4-5-16(18)21/h2*11,14-19,23-24H,4-10H2,1-3H3;2*10,12-15,17,20-21H,3-9H2,1-2H3;2-3,8,13-15,17,19-20H,4-7,9H2,1H3/t14-,15?,16?,17?,18+,19?,20?,21?;14-,15?,16?,17?,18-,19?,20?,21?;12-,13?,14?,15+,17?,18?,19?;12-,13?,14?,15-,17?,18?,19?;13?,14?,15-,17?,18?/m00001/s1. The second-order valence-electron chi connectivity index (χ2n) is 43.9. The molecule has 15 heteroatoms. The number of hydrogen-bond donors (Lipinski definition) is 10. The van der Waals surface area contributed by atoms with Gasteiger partial charge >= 0.3 is 0 Å². The Hall–Kier alpha value is -4.03. The number of fused-ring (bicyclic) bond motifs is 25.